The second-order valence-electron chi connectivity index (χ2n) is 4.84. The number of rotatable bonds is 7. The van der Waals surface area contributed by atoms with Gasteiger partial charge in [-0.1, -0.05) is 41.0 Å². The standard InChI is InChI=1S/C16H22ClNO/c1-13(2)6-4-7-14(3)10-11-19-12-15-8-5-9-16(17)18-15/h5-6,8-10H,4,7,11-12H2,1-3H3. The molecule has 2 nitrogen and oxygen atoms in total. The first-order valence-corrected chi connectivity index (χ1v) is 6.94. The van der Waals surface area contributed by atoms with Crippen molar-refractivity contribution in [3.05, 3.63) is 52.3 Å². The lowest BCUT2D eigenvalue weighted by molar-refractivity contribution is 0.145. The molecule has 0 fully saturated rings. The van der Waals surface area contributed by atoms with E-state index >= 15 is 0 Å². The van der Waals surface area contributed by atoms with Gasteiger partial charge in [-0.3, -0.25) is 0 Å². The monoisotopic (exact) mass is 279 g/mol. The maximum absolute atomic E-state index is 5.81. The van der Waals surface area contributed by atoms with E-state index in [9.17, 15) is 0 Å². The van der Waals surface area contributed by atoms with Crippen molar-refractivity contribution in [1.82, 2.24) is 4.98 Å². The van der Waals surface area contributed by atoms with Crippen LogP contribution in [0.15, 0.2) is 41.5 Å². The highest BCUT2D eigenvalue weighted by molar-refractivity contribution is 6.29. The summed E-state index contributed by atoms with van der Waals surface area (Å²) >= 11 is 5.81. The van der Waals surface area contributed by atoms with Gasteiger partial charge in [-0.05, 0) is 45.7 Å². The number of hydrogen-bond donors (Lipinski definition) is 0. The van der Waals surface area contributed by atoms with E-state index in [1.165, 1.54) is 11.1 Å². The molecule has 0 aliphatic heterocycles. The van der Waals surface area contributed by atoms with Crippen LogP contribution in [-0.2, 0) is 11.3 Å². The van der Waals surface area contributed by atoms with Crippen molar-refractivity contribution >= 4 is 11.6 Å². The summed E-state index contributed by atoms with van der Waals surface area (Å²) < 4.78 is 5.56. The average molecular weight is 280 g/mol. The third kappa shape index (κ3) is 7.81. The number of hydrogen-bond acceptors (Lipinski definition) is 2. The Morgan fingerprint density at radius 3 is 2.74 bits per heavy atom. The molecule has 0 spiro atoms. The van der Waals surface area contributed by atoms with E-state index < -0.39 is 0 Å². The SMILES string of the molecule is CC(C)=CCCC(C)=CCOCc1cccc(Cl)n1. The molecule has 1 aromatic rings. The van der Waals surface area contributed by atoms with Gasteiger partial charge in [-0.15, -0.1) is 0 Å². The van der Waals surface area contributed by atoms with Gasteiger partial charge in [-0.2, -0.15) is 0 Å². The quantitative estimate of drug-likeness (QED) is 0.400. The number of aromatic nitrogens is 1. The number of halogens is 1. The molecule has 0 N–H and O–H groups in total. The smallest absolute Gasteiger partial charge is 0.129 e. The maximum Gasteiger partial charge on any atom is 0.129 e. The van der Waals surface area contributed by atoms with Crippen LogP contribution in [0.5, 0.6) is 0 Å². The molecule has 0 saturated heterocycles. The van der Waals surface area contributed by atoms with Crippen molar-refractivity contribution in [3.8, 4) is 0 Å². The van der Waals surface area contributed by atoms with Crippen molar-refractivity contribution in [2.24, 2.45) is 0 Å². The molecule has 0 bridgehead atoms. The van der Waals surface area contributed by atoms with E-state index in [1.807, 2.05) is 12.1 Å². The van der Waals surface area contributed by atoms with Crippen LogP contribution in [0.1, 0.15) is 39.3 Å². The summed E-state index contributed by atoms with van der Waals surface area (Å²) in [6, 6.07) is 5.56. The maximum atomic E-state index is 5.81. The summed E-state index contributed by atoms with van der Waals surface area (Å²) in [5.41, 5.74) is 3.59. The van der Waals surface area contributed by atoms with Gasteiger partial charge >= 0.3 is 0 Å². The van der Waals surface area contributed by atoms with Crippen LogP contribution in [-0.4, -0.2) is 11.6 Å². The zero-order valence-corrected chi connectivity index (χ0v) is 12.7. The third-order valence-electron chi connectivity index (χ3n) is 2.66. The molecule has 1 heterocycles. The summed E-state index contributed by atoms with van der Waals surface area (Å²) in [7, 11) is 0. The van der Waals surface area contributed by atoms with Crippen LogP contribution in [0.25, 0.3) is 0 Å². The minimum absolute atomic E-state index is 0.498. The van der Waals surface area contributed by atoms with Gasteiger partial charge in [0, 0.05) is 0 Å². The Bertz CT molecular complexity index is 448. The Morgan fingerprint density at radius 2 is 2.05 bits per heavy atom. The second kappa shape index (κ2) is 8.89. The second-order valence-corrected chi connectivity index (χ2v) is 5.22. The van der Waals surface area contributed by atoms with Crippen molar-refractivity contribution in [2.45, 2.75) is 40.2 Å². The predicted octanol–water partition coefficient (Wildman–Crippen LogP) is 4.94. The molecule has 0 atom stereocenters. The van der Waals surface area contributed by atoms with Gasteiger partial charge < -0.3 is 4.74 Å². The lowest BCUT2D eigenvalue weighted by atomic mass is 10.1. The molecule has 1 rings (SSSR count). The topological polar surface area (TPSA) is 22.1 Å². The first-order chi connectivity index (χ1) is 9.08. The molecule has 19 heavy (non-hydrogen) atoms. The van der Waals surface area contributed by atoms with Gasteiger partial charge in [0.15, 0.2) is 0 Å². The van der Waals surface area contributed by atoms with Crippen LogP contribution >= 0.6 is 11.6 Å². The van der Waals surface area contributed by atoms with Crippen LogP contribution in [0.2, 0.25) is 5.15 Å². The molecule has 0 amide bonds. The Hall–Kier alpha value is -1.12. The fourth-order valence-electron chi connectivity index (χ4n) is 1.59. The first-order valence-electron chi connectivity index (χ1n) is 6.56. The first kappa shape index (κ1) is 15.9. The van der Waals surface area contributed by atoms with E-state index in [4.69, 9.17) is 16.3 Å². The highest BCUT2D eigenvalue weighted by Crippen LogP contribution is 2.08. The molecule has 0 aliphatic rings. The predicted molar refractivity (Wildman–Crippen MR) is 81.3 cm³/mol. The molecule has 0 radical (unpaired) electrons. The highest BCUT2D eigenvalue weighted by Gasteiger charge is 1.95. The molecule has 3 heteroatoms. The van der Waals surface area contributed by atoms with E-state index in [0.29, 0.717) is 18.4 Å². The zero-order chi connectivity index (χ0) is 14.1. The van der Waals surface area contributed by atoms with Gasteiger partial charge in [0.1, 0.15) is 5.15 Å². The van der Waals surface area contributed by atoms with Gasteiger partial charge in [0.25, 0.3) is 0 Å². The Kier molecular flexibility index (Phi) is 7.46. The van der Waals surface area contributed by atoms with Crippen LogP contribution in [0, 0.1) is 0 Å². The van der Waals surface area contributed by atoms with Crippen LogP contribution in [0.3, 0.4) is 0 Å². The fourth-order valence-corrected chi connectivity index (χ4v) is 1.77. The number of ether oxygens (including phenoxy) is 1. The van der Waals surface area contributed by atoms with Gasteiger partial charge in [0.05, 0.1) is 18.9 Å². The summed E-state index contributed by atoms with van der Waals surface area (Å²) in [6.45, 7) is 7.51. The highest BCUT2D eigenvalue weighted by atomic mass is 35.5. The van der Waals surface area contributed by atoms with Crippen molar-refractivity contribution in [3.63, 3.8) is 0 Å². The largest absolute Gasteiger partial charge is 0.371 e. The normalized spacial score (nSPS) is 11.5. The van der Waals surface area contributed by atoms with E-state index in [0.717, 1.165) is 18.5 Å². The Balaban J connectivity index is 2.24. The summed E-state index contributed by atoms with van der Waals surface area (Å²) in [6.07, 6.45) is 6.57. The molecule has 0 aliphatic carbocycles. The Morgan fingerprint density at radius 1 is 1.26 bits per heavy atom. The molecule has 0 unspecified atom stereocenters. The molecular formula is C16H22ClNO. The average Bonchev–Trinajstić information content (AvgIpc) is 2.34. The number of nitrogens with zero attached hydrogens (tertiary/aromatic N) is 1. The number of allylic oxidation sites excluding steroid dienone is 3. The van der Waals surface area contributed by atoms with E-state index in [1.54, 1.807) is 6.07 Å². The minimum Gasteiger partial charge on any atom is -0.371 e. The minimum atomic E-state index is 0.498. The van der Waals surface area contributed by atoms with Crippen molar-refractivity contribution in [2.75, 3.05) is 6.61 Å². The third-order valence-corrected chi connectivity index (χ3v) is 2.87. The van der Waals surface area contributed by atoms with Crippen molar-refractivity contribution < 1.29 is 4.74 Å². The molecule has 0 saturated carbocycles. The van der Waals surface area contributed by atoms with Crippen LogP contribution < -0.4 is 0 Å². The lowest BCUT2D eigenvalue weighted by Gasteiger charge is -2.03. The van der Waals surface area contributed by atoms with Crippen molar-refractivity contribution in [1.29, 1.82) is 0 Å². The van der Waals surface area contributed by atoms with Gasteiger partial charge in [-0.25, -0.2) is 4.98 Å². The fraction of sp³-hybridized carbons (Fsp3) is 0.438. The lowest BCUT2D eigenvalue weighted by Crippen LogP contribution is -1.96. The molecule has 1 aromatic heterocycles. The van der Waals surface area contributed by atoms with E-state index in [-0.39, 0.29) is 0 Å². The molecular weight excluding hydrogens is 258 g/mol. The van der Waals surface area contributed by atoms with Crippen LogP contribution in [0.4, 0.5) is 0 Å². The summed E-state index contributed by atoms with van der Waals surface area (Å²) in [5, 5.41) is 0.509. The molecule has 0 aromatic carbocycles. The summed E-state index contributed by atoms with van der Waals surface area (Å²) in [4.78, 5) is 4.17. The zero-order valence-electron chi connectivity index (χ0n) is 11.9. The molecule has 104 valence electrons. The number of pyridine rings is 1. The van der Waals surface area contributed by atoms with Gasteiger partial charge in [0.2, 0.25) is 0 Å². The summed E-state index contributed by atoms with van der Waals surface area (Å²) in [5.74, 6) is 0. The van der Waals surface area contributed by atoms with E-state index in [2.05, 4.69) is 37.9 Å². The Labute approximate surface area is 121 Å².